The molecule has 2 aromatic rings. The number of rotatable bonds is 7. The summed E-state index contributed by atoms with van der Waals surface area (Å²) in [5, 5.41) is 9.17. The van der Waals surface area contributed by atoms with E-state index in [1.165, 1.54) is 16.7 Å². The molecule has 160 valence electrons. The molecule has 31 heavy (non-hydrogen) atoms. The molecule has 1 amide bonds. The summed E-state index contributed by atoms with van der Waals surface area (Å²) >= 11 is 1.24. The van der Waals surface area contributed by atoms with Gasteiger partial charge in [0, 0.05) is 7.05 Å². The van der Waals surface area contributed by atoms with E-state index in [4.69, 9.17) is 14.6 Å². The molecule has 0 aliphatic carbocycles. The van der Waals surface area contributed by atoms with Crippen molar-refractivity contribution >= 4 is 46.5 Å². The Balaban J connectivity index is 1.72. The Morgan fingerprint density at radius 1 is 1.13 bits per heavy atom. The molecular formula is C22H20N2O6S. The zero-order valence-corrected chi connectivity index (χ0v) is 17.7. The number of hydrogen-bond donors (Lipinski definition) is 1. The molecule has 2 aromatic carbocycles. The lowest BCUT2D eigenvalue weighted by atomic mass is 10.2. The Labute approximate surface area is 183 Å². The van der Waals surface area contributed by atoms with Crippen molar-refractivity contribution in [3.05, 3.63) is 64.6 Å². The van der Waals surface area contributed by atoms with Gasteiger partial charge in [0.2, 0.25) is 0 Å². The van der Waals surface area contributed by atoms with Gasteiger partial charge in [0.1, 0.15) is 5.75 Å². The molecule has 0 saturated carbocycles. The summed E-state index contributed by atoms with van der Waals surface area (Å²) in [7, 11) is 1.64. The van der Waals surface area contributed by atoms with Gasteiger partial charge in [-0.3, -0.25) is 9.69 Å². The summed E-state index contributed by atoms with van der Waals surface area (Å²) in [5.41, 5.74) is 1.81. The number of carbonyl (C=O) groups excluding carboxylic acids is 2. The number of aliphatic imine (C=N–C) groups is 1. The molecule has 0 unspecified atom stereocenters. The highest BCUT2D eigenvalue weighted by molar-refractivity contribution is 8.18. The van der Waals surface area contributed by atoms with Gasteiger partial charge < -0.3 is 14.6 Å². The first-order valence-corrected chi connectivity index (χ1v) is 10.2. The van der Waals surface area contributed by atoms with Crippen molar-refractivity contribution in [2.24, 2.45) is 4.99 Å². The van der Waals surface area contributed by atoms with Crippen LogP contribution in [-0.2, 0) is 14.3 Å². The molecule has 0 aromatic heterocycles. The SMILES string of the molecule is CCOC(=O)c1ccc(N=C2SC(=Cc3ccc(OCC(=O)O)cc3)C(=O)N2C)cc1. The zero-order valence-electron chi connectivity index (χ0n) is 16.9. The molecule has 0 bridgehead atoms. The van der Waals surface area contributed by atoms with Gasteiger partial charge >= 0.3 is 11.9 Å². The number of esters is 1. The second kappa shape index (κ2) is 9.94. The first-order valence-electron chi connectivity index (χ1n) is 9.35. The van der Waals surface area contributed by atoms with Crippen LogP contribution in [0.15, 0.2) is 58.4 Å². The number of nitrogens with zero attached hydrogens (tertiary/aromatic N) is 2. The van der Waals surface area contributed by atoms with Crippen molar-refractivity contribution in [2.45, 2.75) is 6.92 Å². The highest BCUT2D eigenvalue weighted by Gasteiger charge is 2.30. The number of carboxylic acid groups (broad SMARTS) is 1. The molecule has 1 fully saturated rings. The molecule has 9 heteroatoms. The van der Waals surface area contributed by atoms with Crippen molar-refractivity contribution in [1.29, 1.82) is 0 Å². The average molecular weight is 440 g/mol. The number of benzene rings is 2. The lowest BCUT2D eigenvalue weighted by Gasteiger charge is -2.07. The highest BCUT2D eigenvalue weighted by Crippen LogP contribution is 2.33. The minimum atomic E-state index is -1.05. The average Bonchev–Trinajstić information content (AvgIpc) is 3.01. The van der Waals surface area contributed by atoms with E-state index < -0.39 is 18.5 Å². The van der Waals surface area contributed by atoms with Gasteiger partial charge in [0.05, 0.1) is 22.8 Å². The van der Waals surface area contributed by atoms with Crippen molar-refractivity contribution in [1.82, 2.24) is 4.90 Å². The van der Waals surface area contributed by atoms with Crippen molar-refractivity contribution < 1.29 is 29.0 Å². The van der Waals surface area contributed by atoms with Gasteiger partial charge in [-0.2, -0.15) is 0 Å². The maximum Gasteiger partial charge on any atom is 0.341 e. The Morgan fingerprint density at radius 3 is 2.42 bits per heavy atom. The predicted molar refractivity (Wildman–Crippen MR) is 117 cm³/mol. The molecule has 1 heterocycles. The fourth-order valence-corrected chi connectivity index (χ4v) is 3.59. The number of hydrogen-bond acceptors (Lipinski definition) is 7. The van der Waals surface area contributed by atoms with E-state index >= 15 is 0 Å². The van der Waals surface area contributed by atoms with Crippen LogP contribution in [0.4, 0.5) is 5.69 Å². The second-order valence-electron chi connectivity index (χ2n) is 6.39. The summed E-state index contributed by atoms with van der Waals surface area (Å²) in [4.78, 5) is 41.3. The standard InChI is InChI=1S/C22H20N2O6S/c1-3-29-21(28)15-6-8-16(9-7-15)23-22-24(2)20(27)18(31-22)12-14-4-10-17(11-5-14)30-13-19(25)26/h4-12H,3,13H2,1-2H3,(H,25,26). The lowest BCUT2D eigenvalue weighted by molar-refractivity contribution is -0.139. The quantitative estimate of drug-likeness (QED) is 0.518. The first kappa shape index (κ1) is 22.1. The van der Waals surface area contributed by atoms with Crippen LogP contribution in [-0.4, -0.2) is 53.3 Å². The van der Waals surface area contributed by atoms with Gasteiger partial charge in [-0.05, 0) is 66.7 Å². The predicted octanol–water partition coefficient (Wildman–Crippen LogP) is 3.56. The Morgan fingerprint density at radius 2 is 1.81 bits per heavy atom. The fourth-order valence-electron chi connectivity index (χ4n) is 2.61. The summed E-state index contributed by atoms with van der Waals surface area (Å²) < 4.78 is 10.1. The van der Waals surface area contributed by atoms with Crippen molar-refractivity contribution in [2.75, 3.05) is 20.3 Å². The van der Waals surface area contributed by atoms with Crippen LogP contribution in [0, 0.1) is 0 Å². The van der Waals surface area contributed by atoms with Crippen LogP contribution in [0.2, 0.25) is 0 Å². The number of amides is 1. The summed E-state index contributed by atoms with van der Waals surface area (Å²) in [6, 6.07) is 13.4. The zero-order chi connectivity index (χ0) is 22.4. The minimum absolute atomic E-state index is 0.182. The third-order valence-corrected chi connectivity index (χ3v) is 5.21. The van der Waals surface area contributed by atoms with E-state index in [0.717, 1.165) is 5.56 Å². The largest absolute Gasteiger partial charge is 0.482 e. The fraction of sp³-hybridized carbons (Fsp3) is 0.182. The molecule has 0 spiro atoms. The molecule has 1 N–H and O–H groups in total. The van der Waals surface area contributed by atoms with E-state index in [0.29, 0.717) is 33.7 Å². The molecular weight excluding hydrogens is 420 g/mol. The van der Waals surface area contributed by atoms with E-state index in [9.17, 15) is 14.4 Å². The molecule has 1 aliphatic heterocycles. The van der Waals surface area contributed by atoms with Crippen LogP contribution in [0.25, 0.3) is 6.08 Å². The maximum absolute atomic E-state index is 12.6. The van der Waals surface area contributed by atoms with Gasteiger partial charge in [0.15, 0.2) is 11.8 Å². The molecule has 3 rings (SSSR count). The number of likely N-dealkylation sites (N-methyl/N-ethyl adjacent to an activating group) is 1. The monoisotopic (exact) mass is 440 g/mol. The second-order valence-corrected chi connectivity index (χ2v) is 7.40. The summed E-state index contributed by atoms with van der Waals surface area (Å²) in [5.74, 6) is -1.20. The lowest BCUT2D eigenvalue weighted by Crippen LogP contribution is -2.23. The van der Waals surface area contributed by atoms with Crippen LogP contribution in [0.5, 0.6) is 5.75 Å². The van der Waals surface area contributed by atoms with Crippen LogP contribution < -0.4 is 4.74 Å². The van der Waals surface area contributed by atoms with Crippen molar-refractivity contribution in [3.63, 3.8) is 0 Å². The van der Waals surface area contributed by atoms with Crippen molar-refractivity contribution in [3.8, 4) is 5.75 Å². The van der Waals surface area contributed by atoms with Crippen LogP contribution in [0.3, 0.4) is 0 Å². The summed E-state index contributed by atoms with van der Waals surface area (Å²) in [6.45, 7) is 1.63. The van der Waals surface area contributed by atoms with Gasteiger partial charge in [-0.25, -0.2) is 14.6 Å². The van der Waals surface area contributed by atoms with Gasteiger partial charge in [-0.15, -0.1) is 0 Å². The third-order valence-electron chi connectivity index (χ3n) is 4.15. The Hall–Kier alpha value is -3.59. The van der Waals surface area contributed by atoms with Gasteiger partial charge in [0.25, 0.3) is 5.91 Å². The highest BCUT2D eigenvalue weighted by atomic mass is 32.2. The number of ether oxygens (including phenoxy) is 2. The van der Waals surface area contributed by atoms with Crippen LogP contribution >= 0.6 is 11.8 Å². The molecule has 0 atom stereocenters. The van der Waals surface area contributed by atoms with E-state index in [2.05, 4.69) is 4.99 Å². The Kier molecular flexibility index (Phi) is 7.09. The number of amidine groups is 1. The number of carbonyl (C=O) groups is 3. The van der Waals surface area contributed by atoms with Crippen LogP contribution in [0.1, 0.15) is 22.8 Å². The first-order chi connectivity index (χ1) is 14.9. The Bertz CT molecular complexity index is 1040. The third kappa shape index (κ3) is 5.73. The summed E-state index contributed by atoms with van der Waals surface area (Å²) in [6.07, 6.45) is 1.73. The number of carboxylic acids is 1. The van der Waals surface area contributed by atoms with E-state index in [-0.39, 0.29) is 5.91 Å². The molecule has 1 aliphatic rings. The van der Waals surface area contributed by atoms with E-state index in [1.54, 1.807) is 68.6 Å². The topological polar surface area (TPSA) is 106 Å². The maximum atomic E-state index is 12.6. The minimum Gasteiger partial charge on any atom is -0.482 e. The molecule has 8 nitrogen and oxygen atoms in total. The molecule has 0 radical (unpaired) electrons. The normalized spacial score (nSPS) is 16.1. The van der Waals surface area contributed by atoms with E-state index in [1.807, 2.05) is 0 Å². The smallest absolute Gasteiger partial charge is 0.341 e. The van der Waals surface area contributed by atoms with Gasteiger partial charge in [-0.1, -0.05) is 12.1 Å². The number of thioether (sulfide) groups is 1. The number of aliphatic carboxylic acids is 1. The molecule has 1 saturated heterocycles.